The molecule has 0 radical (unpaired) electrons. The summed E-state index contributed by atoms with van der Waals surface area (Å²) in [4.78, 5) is 11.6. The number of rotatable bonds is 6. The van der Waals surface area contributed by atoms with E-state index in [1.54, 1.807) is 0 Å². The van der Waals surface area contributed by atoms with Gasteiger partial charge in [0.25, 0.3) is 5.91 Å². The molecule has 0 aromatic heterocycles. The van der Waals surface area contributed by atoms with Crippen molar-refractivity contribution in [2.45, 2.75) is 0 Å². The quantitative estimate of drug-likeness (QED) is 0.407. The number of hydrogen-bond acceptors (Lipinski definition) is 5. The Hall–Kier alpha value is -1.79. The SMILES string of the molecule is NCCOCCNC(=O)c1cc(O)ccc1O. The second-order valence-electron chi connectivity index (χ2n) is 3.36. The predicted molar refractivity (Wildman–Crippen MR) is 62.0 cm³/mol. The summed E-state index contributed by atoms with van der Waals surface area (Å²) in [5.74, 6) is -0.717. The lowest BCUT2D eigenvalue weighted by atomic mass is 10.2. The van der Waals surface area contributed by atoms with Gasteiger partial charge < -0.3 is 26.0 Å². The van der Waals surface area contributed by atoms with Gasteiger partial charge in [-0.2, -0.15) is 0 Å². The van der Waals surface area contributed by atoms with E-state index in [1.165, 1.54) is 18.2 Å². The standard InChI is InChI=1S/C11H16N2O4/c12-3-5-17-6-4-13-11(16)9-7-8(14)1-2-10(9)15/h1-2,7,14-15H,3-6,12H2,(H,13,16). The van der Waals surface area contributed by atoms with Crippen molar-refractivity contribution in [3.63, 3.8) is 0 Å². The van der Waals surface area contributed by atoms with Crippen molar-refractivity contribution in [2.24, 2.45) is 5.73 Å². The molecule has 1 aromatic carbocycles. The van der Waals surface area contributed by atoms with Crippen molar-refractivity contribution in [1.82, 2.24) is 5.32 Å². The number of benzene rings is 1. The van der Waals surface area contributed by atoms with Gasteiger partial charge in [-0.3, -0.25) is 4.79 Å². The average molecular weight is 240 g/mol. The number of carbonyl (C=O) groups is 1. The van der Waals surface area contributed by atoms with Gasteiger partial charge in [0.05, 0.1) is 18.8 Å². The number of phenols is 2. The fourth-order valence-corrected chi connectivity index (χ4v) is 1.22. The minimum absolute atomic E-state index is 0.0313. The Balaban J connectivity index is 2.44. The zero-order valence-electron chi connectivity index (χ0n) is 9.35. The van der Waals surface area contributed by atoms with E-state index in [2.05, 4.69) is 5.32 Å². The molecule has 6 heteroatoms. The first-order chi connectivity index (χ1) is 8.15. The molecule has 0 aliphatic rings. The van der Waals surface area contributed by atoms with Crippen LogP contribution in [-0.4, -0.2) is 42.4 Å². The summed E-state index contributed by atoms with van der Waals surface area (Å²) in [5, 5.41) is 21.2. The van der Waals surface area contributed by atoms with Crippen LogP contribution in [-0.2, 0) is 4.74 Å². The number of phenolic OH excluding ortho intramolecular Hbond substituents is 2. The molecule has 0 atom stereocenters. The number of carbonyl (C=O) groups excluding carboxylic acids is 1. The van der Waals surface area contributed by atoms with E-state index in [0.29, 0.717) is 26.3 Å². The van der Waals surface area contributed by atoms with E-state index in [0.717, 1.165) is 0 Å². The van der Waals surface area contributed by atoms with Gasteiger partial charge >= 0.3 is 0 Å². The van der Waals surface area contributed by atoms with Crippen LogP contribution in [0.25, 0.3) is 0 Å². The maximum absolute atomic E-state index is 11.6. The number of nitrogens with two attached hydrogens (primary N) is 1. The first-order valence-electron chi connectivity index (χ1n) is 5.23. The minimum Gasteiger partial charge on any atom is -0.508 e. The lowest BCUT2D eigenvalue weighted by molar-refractivity contribution is 0.0917. The summed E-state index contributed by atoms with van der Waals surface area (Å²) in [6.45, 7) is 1.53. The van der Waals surface area contributed by atoms with Gasteiger partial charge in [-0.15, -0.1) is 0 Å². The lowest BCUT2D eigenvalue weighted by Gasteiger charge is -2.07. The number of aromatic hydroxyl groups is 2. The van der Waals surface area contributed by atoms with Crippen molar-refractivity contribution < 1.29 is 19.7 Å². The van der Waals surface area contributed by atoms with E-state index < -0.39 is 5.91 Å². The van der Waals surface area contributed by atoms with Crippen LogP contribution in [0.4, 0.5) is 0 Å². The topological polar surface area (TPSA) is 105 Å². The van der Waals surface area contributed by atoms with Gasteiger partial charge in [0.15, 0.2) is 0 Å². The molecule has 0 aliphatic heterocycles. The maximum atomic E-state index is 11.6. The largest absolute Gasteiger partial charge is 0.508 e. The van der Waals surface area contributed by atoms with E-state index in [1.807, 2.05) is 0 Å². The summed E-state index contributed by atoms with van der Waals surface area (Å²) < 4.78 is 5.07. The molecular formula is C11H16N2O4. The van der Waals surface area contributed by atoms with Crippen molar-refractivity contribution in [2.75, 3.05) is 26.3 Å². The number of ether oxygens (including phenoxy) is 1. The molecule has 0 spiro atoms. The van der Waals surface area contributed by atoms with Crippen molar-refractivity contribution >= 4 is 5.91 Å². The first-order valence-corrected chi connectivity index (χ1v) is 5.23. The third-order valence-corrected chi connectivity index (χ3v) is 2.02. The van der Waals surface area contributed by atoms with Crippen LogP contribution in [0, 0.1) is 0 Å². The zero-order valence-corrected chi connectivity index (χ0v) is 9.35. The molecule has 17 heavy (non-hydrogen) atoms. The molecule has 0 fully saturated rings. The molecule has 0 saturated carbocycles. The Morgan fingerprint density at radius 1 is 1.35 bits per heavy atom. The highest BCUT2D eigenvalue weighted by Gasteiger charge is 2.11. The molecule has 94 valence electrons. The molecule has 1 rings (SSSR count). The van der Waals surface area contributed by atoms with E-state index in [-0.39, 0.29) is 17.1 Å². The Morgan fingerprint density at radius 2 is 2.12 bits per heavy atom. The molecule has 0 unspecified atom stereocenters. The van der Waals surface area contributed by atoms with Crippen LogP contribution < -0.4 is 11.1 Å². The van der Waals surface area contributed by atoms with Crippen molar-refractivity contribution in [3.05, 3.63) is 23.8 Å². The highest BCUT2D eigenvalue weighted by Crippen LogP contribution is 2.21. The van der Waals surface area contributed by atoms with Crippen molar-refractivity contribution in [1.29, 1.82) is 0 Å². The predicted octanol–water partition coefficient (Wildman–Crippen LogP) is -0.197. The van der Waals surface area contributed by atoms with Crippen LogP contribution in [0.1, 0.15) is 10.4 Å². The molecule has 6 nitrogen and oxygen atoms in total. The first kappa shape index (κ1) is 13.3. The van der Waals surface area contributed by atoms with Crippen LogP contribution in [0.5, 0.6) is 11.5 Å². The normalized spacial score (nSPS) is 10.2. The smallest absolute Gasteiger partial charge is 0.255 e. The monoisotopic (exact) mass is 240 g/mol. The Bertz CT molecular complexity index is 382. The maximum Gasteiger partial charge on any atom is 0.255 e. The van der Waals surface area contributed by atoms with Crippen LogP contribution in [0.15, 0.2) is 18.2 Å². The summed E-state index contributed by atoms with van der Waals surface area (Å²) >= 11 is 0. The van der Waals surface area contributed by atoms with Gasteiger partial charge in [-0.1, -0.05) is 0 Å². The second-order valence-corrected chi connectivity index (χ2v) is 3.36. The molecule has 0 bridgehead atoms. The molecule has 1 aromatic rings. The molecule has 0 saturated heterocycles. The Kier molecular flexibility index (Phi) is 5.25. The lowest BCUT2D eigenvalue weighted by Crippen LogP contribution is -2.27. The van der Waals surface area contributed by atoms with Crippen LogP contribution >= 0.6 is 0 Å². The highest BCUT2D eigenvalue weighted by molar-refractivity contribution is 5.97. The number of amides is 1. The Morgan fingerprint density at radius 3 is 2.82 bits per heavy atom. The van der Waals surface area contributed by atoms with Gasteiger partial charge in [-0.05, 0) is 18.2 Å². The molecule has 1 amide bonds. The average Bonchev–Trinajstić information content (AvgIpc) is 2.32. The minimum atomic E-state index is -0.463. The fourth-order valence-electron chi connectivity index (χ4n) is 1.22. The molecular weight excluding hydrogens is 224 g/mol. The third kappa shape index (κ3) is 4.29. The van der Waals surface area contributed by atoms with Crippen molar-refractivity contribution in [3.8, 4) is 11.5 Å². The molecule has 0 heterocycles. The summed E-state index contributed by atoms with van der Waals surface area (Å²) in [6, 6.07) is 3.76. The highest BCUT2D eigenvalue weighted by atomic mass is 16.5. The molecule has 0 aliphatic carbocycles. The second kappa shape index (κ2) is 6.72. The van der Waals surface area contributed by atoms with Crippen LogP contribution in [0.3, 0.4) is 0 Å². The number of hydrogen-bond donors (Lipinski definition) is 4. The van der Waals surface area contributed by atoms with E-state index in [4.69, 9.17) is 10.5 Å². The van der Waals surface area contributed by atoms with Gasteiger partial charge in [0.2, 0.25) is 0 Å². The zero-order chi connectivity index (χ0) is 12.7. The van der Waals surface area contributed by atoms with Crippen LogP contribution in [0.2, 0.25) is 0 Å². The third-order valence-electron chi connectivity index (χ3n) is 2.02. The summed E-state index contributed by atoms with van der Waals surface area (Å²) in [7, 11) is 0. The van der Waals surface area contributed by atoms with E-state index >= 15 is 0 Å². The van der Waals surface area contributed by atoms with Gasteiger partial charge in [0.1, 0.15) is 11.5 Å². The van der Waals surface area contributed by atoms with Gasteiger partial charge in [-0.25, -0.2) is 0 Å². The summed E-state index contributed by atoms with van der Waals surface area (Å²) in [5.41, 5.74) is 5.26. The summed E-state index contributed by atoms with van der Waals surface area (Å²) in [6.07, 6.45) is 0. The Labute approximate surface area is 99.0 Å². The number of nitrogens with one attached hydrogen (secondary N) is 1. The fraction of sp³-hybridized carbons (Fsp3) is 0.364. The molecule has 5 N–H and O–H groups in total. The van der Waals surface area contributed by atoms with E-state index in [9.17, 15) is 15.0 Å². The van der Waals surface area contributed by atoms with Gasteiger partial charge in [0, 0.05) is 13.1 Å².